The maximum absolute atomic E-state index is 13.7. The quantitative estimate of drug-likeness (QED) is 0.725. The highest BCUT2D eigenvalue weighted by Gasteiger charge is 2.19. The topological polar surface area (TPSA) is 76.9 Å². The molecule has 8 heteroatoms. The van der Waals surface area contributed by atoms with E-state index in [1.54, 1.807) is 42.5 Å². The van der Waals surface area contributed by atoms with Gasteiger partial charge in [0.2, 0.25) is 0 Å². The second-order valence-electron chi connectivity index (χ2n) is 7.24. The molecule has 1 aromatic heterocycles. The maximum atomic E-state index is 13.7. The summed E-state index contributed by atoms with van der Waals surface area (Å²) in [5, 5.41) is 4.06. The number of halogens is 1. The molecule has 0 bridgehead atoms. The number of hydrogen-bond acceptors (Lipinski definition) is 4. The molecule has 1 N–H and O–H groups in total. The normalized spacial score (nSPS) is 12.1. The number of nitrogens with one attached hydrogen (secondary N) is 1. The molecule has 27 heavy (non-hydrogen) atoms. The van der Waals surface area contributed by atoms with Crippen LogP contribution < -0.4 is 4.72 Å². The highest BCUT2D eigenvalue weighted by atomic mass is 32.2. The van der Waals surface area contributed by atoms with Crippen LogP contribution >= 0.6 is 0 Å². The summed E-state index contributed by atoms with van der Waals surface area (Å²) >= 11 is 0. The van der Waals surface area contributed by atoms with E-state index in [1.165, 1.54) is 17.1 Å². The van der Waals surface area contributed by atoms with Crippen LogP contribution in [0.15, 0.2) is 59.8 Å². The number of aromatic nitrogens is 3. The van der Waals surface area contributed by atoms with E-state index >= 15 is 0 Å². The van der Waals surface area contributed by atoms with Crippen molar-refractivity contribution in [3.8, 4) is 0 Å². The van der Waals surface area contributed by atoms with Gasteiger partial charge in [0.05, 0.1) is 11.4 Å². The minimum Gasteiger partial charge on any atom is -0.246 e. The summed E-state index contributed by atoms with van der Waals surface area (Å²) in [5.41, 5.74) is 1.41. The van der Waals surface area contributed by atoms with Gasteiger partial charge in [-0.15, -0.1) is 5.10 Å². The summed E-state index contributed by atoms with van der Waals surface area (Å²) in [4.78, 5) is 4.07. The maximum Gasteiger partial charge on any atom is 0.264 e. The van der Waals surface area contributed by atoms with Gasteiger partial charge in [0.15, 0.2) is 0 Å². The molecule has 3 rings (SSSR count). The average molecular weight is 388 g/mol. The Labute approximate surface area is 158 Å². The lowest BCUT2D eigenvalue weighted by molar-refractivity contribution is 0.584. The molecule has 0 radical (unpaired) electrons. The molecule has 2 aromatic carbocycles. The Hall–Kier alpha value is -2.74. The Morgan fingerprint density at radius 1 is 1.07 bits per heavy atom. The molecule has 0 saturated heterocycles. The van der Waals surface area contributed by atoms with E-state index in [0.717, 1.165) is 5.56 Å². The SMILES string of the molecule is CC(C)(C)c1ccc(S(=O)(=O)Nc2ncn(Cc3ccccc3F)n2)cc1. The minimum absolute atomic E-state index is 0.0637. The van der Waals surface area contributed by atoms with Crippen LogP contribution in [0.2, 0.25) is 0 Å². The zero-order chi connectivity index (χ0) is 19.7. The lowest BCUT2D eigenvalue weighted by Crippen LogP contribution is -2.16. The number of benzene rings is 2. The van der Waals surface area contributed by atoms with Crippen molar-refractivity contribution in [2.45, 2.75) is 37.6 Å². The highest BCUT2D eigenvalue weighted by Crippen LogP contribution is 2.24. The van der Waals surface area contributed by atoms with Crippen molar-refractivity contribution in [2.75, 3.05) is 4.72 Å². The average Bonchev–Trinajstić information content (AvgIpc) is 3.02. The lowest BCUT2D eigenvalue weighted by Gasteiger charge is -2.19. The molecule has 0 spiro atoms. The Morgan fingerprint density at radius 2 is 1.74 bits per heavy atom. The fourth-order valence-electron chi connectivity index (χ4n) is 2.53. The van der Waals surface area contributed by atoms with Gasteiger partial charge in [-0.1, -0.05) is 51.1 Å². The zero-order valence-corrected chi connectivity index (χ0v) is 16.2. The molecule has 0 fully saturated rings. The molecular formula is C19H21FN4O2S. The van der Waals surface area contributed by atoms with Crippen LogP contribution in [0.3, 0.4) is 0 Å². The number of hydrogen-bond donors (Lipinski definition) is 1. The summed E-state index contributed by atoms with van der Waals surface area (Å²) in [6, 6.07) is 13.0. The van der Waals surface area contributed by atoms with Crippen LogP contribution in [-0.4, -0.2) is 23.2 Å². The van der Waals surface area contributed by atoms with Crippen LogP contribution in [-0.2, 0) is 22.0 Å². The van der Waals surface area contributed by atoms with Crippen molar-refractivity contribution in [3.63, 3.8) is 0 Å². The predicted molar refractivity (Wildman–Crippen MR) is 101 cm³/mol. The van der Waals surface area contributed by atoms with E-state index in [4.69, 9.17) is 0 Å². The van der Waals surface area contributed by atoms with Gasteiger partial charge >= 0.3 is 0 Å². The first-order valence-electron chi connectivity index (χ1n) is 8.41. The molecule has 0 aliphatic rings. The van der Waals surface area contributed by atoms with E-state index in [-0.39, 0.29) is 28.6 Å². The summed E-state index contributed by atoms with van der Waals surface area (Å²) in [7, 11) is -3.81. The molecule has 3 aromatic rings. The fourth-order valence-corrected chi connectivity index (χ4v) is 3.48. The van der Waals surface area contributed by atoms with Gasteiger partial charge in [0, 0.05) is 5.56 Å². The molecule has 0 aliphatic heterocycles. The van der Waals surface area contributed by atoms with Gasteiger partial charge in [-0.3, -0.25) is 0 Å². The Balaban J connectivity index is 1.75. The van der Waals surface area contributed by atoms with Crippen molar-refractivity contribution < 1.29 is 12.8 Å². The van der Waals surface area contributed by atoms with Gasteiger partial charge in [-0.2, -0.15) is 4.98 Å². The molecular weight excluding hydrogens is 367 g/mol. The summed E-state index contributed by atoms with van der Waals surface area (Å²) < 4.78 is 42.5. The number of anilines is 1. The van der Waals surface area contributed by atoms with Crippen LogP contribution in [0.25, 0.3) is 0 Å². The monoisotopic (exact) mass is 388 g/mol. The third kappa shape index (κ3) is 4.51. The Kier molecular flexibility index (Phi) is 5.01. The van der Waals surface area contributed by atoms with Crippen LogP contribution in [0, 0.1) is 5.82 Å². The second-order valence-corrected chi connectivity index (χ2v) is 8.92. The van der Waals surface area contributed by atoms with Gasteiger partial charge < -0.3 is 0 Å². The van der Waals surface area contributed by atoms with Gasteiger partial charge in [-0.25, -0.2) is 22.2 Å². The zero-order valence-electron chi connectivity index (χ0n) is 15.3. The largest absolute Gasteiger partial charge is 0.264 e. The third-order valence-corrected chi connectivity index (χ3v) is 5.43. The first kappa shape index (κ1) is 19.0. The fraction of sp³-hybridized carbons (Fsp3) is 0.263. The first-order chi connectivity index (χ1) is 12.6. The smallest absolute Gasteiger partial charge is 0.246 e. The van der Waals surface area contributed by atoms with Crippen molar-refractivity contribution in [3.05, 3.63) is 71.8 Å². The van der Waals surface area contributed by atoms with Crippen LogP contribution in [0.4, 0.5) is 10.3 Å². The van der Waals surface area contributed by atoms with E-state index in [0.29, 0.717) is 5.56 Å². The van der Waals surface area contributed by atoms with E-state index < -0.39 is 10.0 Å². The molecule has 6 nitrogen and oxygen atoms in total. The molecule has 0 saturated carbocycles. The van der Waals surface area contributed by atoms with Crippen molar-refractivity contribution in [2.24, 2.45) is 0 Å². The molecule has 0 amide bonds. The standard InChI is InChI=1S/C19H21FN4O2S/c1-19(2,3)15-8-10-16(11-9-15)27(25,26)23-18-21-13-24(22-18)12-14-6-4-5-7-17(14)20/h4-11,13H,12H2,1-3H3,(H,22,23). The Bertz CT molecular complexity index is 1040. The minimum atomic E-state index is -3.81. The predicted octanol–water partition coefficient (Wildman–Crippen LogP) is 3.56. The van der Waals surface area contributed by atoms with Gasteiger partial charge in [-0.05, 0) is 29.2 Å². The van der Waals surface area contributed by atoms with Crippen molar-refractivity contribution in [1.29, 1.82) is 0 Å². The number of nitrogens with zero attached hydrogens (tertiary/aromatic N) is 3. The van der Waals surface area contributed by atoms with Crippen molar-refractivity contribution in [1.82, 2.24) is 14.8 Å². The molecule has 0 atom stereocenters. The molecule has 0 unspecified atom stereocenters. The molecule has 1 heterocycles. The summed E-state index contributed by atoms with van der Waals surface area (Å²) in [6.45, 7) is 6.32. The van der Waals surface area contributed by atoms with Gasteiger partial charge in [0.25, 0.3) is 16.0 Å². The first-order valence-corrected chi connectivity index (χ1v) is 9.90. The number of sulfonamides is 1. The second kappa shape index (κ2) is 7.11. The van der Waals surface area contributed by atoms with E-state index in [9.17, 15) is 12.8 Å². The lowest BCUT2D eigenvalue weighted by atomic mass is 9.87. The Morgan fingerprint density at radius 3 is 2.37 bits per heavy atom. The van der Waals surface area contributed by atoms with Gasteiger partial charge in [0.1, 0.15) is 12.1 Å². The van der Waals surface area contributed by atoms with Crippen LogP contribution in [0.1, 0.15) is 31.9 Å². The molecule has 142 valence electrons. The summed E-state index contributed by atoms with van der Waals surface area (Å²) in [6.07, 6.45) is 1.35. The van der Waals surface area contributed by atoms with Crippen LogP contribution in [0.5, 0.6) is 0 Å². The molecule has 0 aliphatic carbocycles. The highest BCUT2D eigenvalue weighted by molar-refractivity contribution is 7.92. The summed E-state index contributed by atoms with van der Waals surface area (Å²) in [5.74, 6) is -0.416. The number of rotatable bonds is 5. The third-order valence-electron chi connectivity index (χ3n) is 4.08. The van der Waals surface area contributed by atoms with E-state index in [1.807, 2.05) is 0 Å². The van der Waals surface area contributed by atoms with Crippen molar-refractivity contribution >= 4 is 16.0 Å². The van der Waals surface area contributed by atoms with E-state index in [2.05, 4.69) is 35.6 Å².